The van der Waals surface area contributed by atoms with Crippen molar-refractivity contribution in [2.24, 2.45) is 0 Å². The molecule has 0 unspecified atom stereocenters. The highest BCUT2D eigenvalue weighted by Crippen LogP contribution is 2.24. The van der Waals surface area contributed by atoms with E-state index in [1.165, 1.54) is 0 Å². The number of benzene rings is 2. The summed E-state index contributed by atoms with van der Waals surface area (Å²) in [5.74, 6) is 1.64. The van der Waals surface area contributed by atoms with Gasteiger partial charge in [0, 0.05) is 6.07 Å². The Morgan fingerprint density at radius 1 is 1.18 bits per heavy atom. The molecule has 2 aromatic carbocycles. The first-order valence-corrected chi connectivity index (χ1v) is 6.01. The van der Waals surface area contributed by atoms with E-state index in [2.05, 4.69) is 22.0 Å². The second kappa shape index (κ2) is 5.73. The number of ether oxygens (including phenoxy) is 2. The fraction of sp³-hybridized carbons (Fsp3) is 0.143. The molecule has 0 aliphatic rings. The first-order chi connectivity index (χ1) is 8.29. The molecule has 0 saturated carbocycles. The van der Waals surface area contributed by atoms with E-state index in [0.29, 0.717) is 6.61 Å². The molecule has 0 spiro atoms. The lowest BCUT2D eigenvalue weighted by molar-refractivity contribution is 0.304. The fourth-order valence-electron chi connectivity index (χ4n) is 1.40. The summed E-state index contributed by atoms with van der Waals surface area (Å²) < 4.78 is 11.6. The monoisotopic (exact) mass is 291 g/mol. The molecule has 2 rings (SSSR count). The number of hydrogen-bond donors (Lipinski definition) is 0. The van der Waals surface area contributed by atoms with Crippen LogP contribution in [-0.2, 0) is 6.61 Å². The van der Waals surface area contributed by atoms with Crippen LogP contribution in [0.4, 0.5) is 0 Å². The van der Waals surface area contributed by atoms with Crippen LogP contribution >= 0.6 is 15.9 Å². The maximum atomic E-state index is 5.68. The van der Waals surface area contributed by atoms with E-state index in [1.807, 2.05) is 42.5 Å². The Morgan fingerprint density at radius 2 is 1.94 bits per heavy atom. The lowest BCUT2D eigenvalue weighted by Crippen LogP contribution is -1.96. The van der Waals surface area contributed by atoms with Gasteiger partial charge in [0.25, 0.3) is 0 Å². The minimum atomic E-state index is 0.528. The molecule has 0 atom stereocenters. The predicted molar refractivity (Wildman–Crippen MR) is 70.3 cm³/mol. The topological polar surface area (TPSA) is 18.5 Å². The van der Waals surface area contributed by atoms with Crippen LogP contribution in [0.2, 0.25) is 0 Å². The highest BCUT2D eigenvalue weighted by Gasteiger charge is 2.00. The molecule has 0 fully saturated rings. The van der Waals surface area contributed by atoms with Crippen molar-refractivity contribution in [3.63, 3.8) is 0 Å². The zero-order chi connectivity index (χ0) is 12.1. The number of methoxy groups -OCH3 is 1. The summed E-state index contributed by atoms with van der Waals surface area (Å²) >= 11 is 3.39. The standard InChI is InChI=1S/C14H12BrO2/c1-16-12-8-6-11(7-9-12)10-17-14-5-3-2-4-13(14)15/h2-3,5-9H,10H2,1H3. The molecule has 17 heavy (non-hydrogen) atoms. The minimum Gasteiger partial charge on any atom is -0.497 e. The predicted octanol–water partition coefficient (Wildman–Crippen LogP) is 3.84. The summed E-state index contributed by atoms with van der Waals surface area (Å²) in [6.45, 7) is 0.528. The first-order valence-electron chi connectivity index (χ1n) is 5.21. The van der Waals surface area contributed by atoms with Gasteiger partial charge in [-0.1, -0.05) is 24.3 Å². The molecule has 0 saturated heterocycles. The van der Waals surface area contributed by atoms with Crippen LogP contribution in [0.25, 0.3) is 0 Å². The van der Waals surface area contributed by atoms with Crippen molar-refractivity contribution in [3.8, 4) is 11.5 Å². The van der Waals surface area contributed by atoms with Crippen molar-refractivity contribution in [3.05, 3.63) is 58.6 Å². The highest BCUT2D eigenvalue weighted by atomic mass is 79.9. The van der Waals surface area contributed by atoms with E-state index < -0.39 is 0 Å². The average molecular weight is 292 g/mol. The Balaban J connectivity index is 2.00. The molecule has 0 heterocycles. The summed E-state index contributed by atoms with van der Waals surface area (Å²) in [7, 11) is 1.66. The molecule has 0 bridgehead atoms. The third kappa shape index (κ3) is 3.24. The summed E-state index contributed by atoms with van der Waals surface area (Å²) in [6.07, 6.45) is 0. The number of halogens is 1. The van der Waals surface area contributed by atoms with Crippen LogP contribution in [0.15, 0.2) is 46.9 Å². The van der Waals surface area contributed by atoms with E-state index in [4.69, 9.17) is 9.47 Å². The van der Waals surface area contributed by atoms with Crippen molar-refractivity contribution in [2.45, 2.75) is 6.61 Å². The van der Waals surface area contributed by atoms with Crippen molar-refractivity contribution in [1.29, 1.82) is 0 Å². The summed E-state index contributed by atoms with van der Waals surface area (Å²) in [4.78, 5) is 0. The fourth-order valence-corrected chi connectivity index (χ4v) is 1.77. The van der Waals surface area contributed by atoms with E-state index in [0.717, 1.165) is 21.5 Å². The molecule has 0 N–H and O–H groups in total. The van der Waals surface area contributed by atoms with Crippen LogP contribution in [-0.4, -0.2) is 7.11 Å². The SMILES string of the molecule is COc1ccc(COc2ccc[c]c2Br)cc1. The van der Waals surface area contributed by atoms with Crippen molar-refractivity contribution in [1.82, 2.24) is 0 Å². The maximum absolute atomic E-state index is 5.68. The van der Waals surface area contributed by atoms with Crippen molar-refractivity contribution < 1.29 is 9.47 Å². The summed E-state index contributed by atoms with van der Waals surface area (Å²) in [5.41, 5.74) is 1.10. The molecular weight excluding hydrogens is 280 g/mol. The van der Waals surface area contributed by atoms with Gasteiger partial charge in [-0.25, -0.2) is 0 Å². The molecule has 0 aliphatic heterocycles. The van der Waals surface area contributed by atoms with Gasteiger partial charge in [0.15, 0.2) is 0 Å². The Labute approximate surface area is 109 Å². The summed E-state index contributed by atoms with van der Waals surface area (Å²) in [6, 6.07) is 16.5. The second-order valence-corrected chi connectivity index (χ2v) is 4.28. The molecule has 2 aromatic rings. The molecular formula is C14H12BrO2. The lowest BCUT2D eigenvalue weighted by Gasteiger charge is -2.08. The van der Waals surface area contributed by atoms with E-state index in [1.54, 1.807) is 7.11 Å². The summed E-state index contributed by atoms with van der Waals surface area (Å²) in [5, 5.41) is 0. The number of rotatable bonds is 4. The average Bonchev–Trinajstić information content (AvgIpc) is 2.38. The Kier molecular flexibility index (Phi) is 4.04. The third-order valence-corrected chi connectivity index (χ3v) is 2.94. The zero-order valence-electron chi connectivity index (χ0n) is 9.44. The van der Waals surface area contributed by atoms with Gasteiger partial charge in [-0.3, -0.25) is 0 Å². The van der Waals surface area contributed by atoms with Crippen molar-refractivity contribution >= 4 is 15.9 Å². The molecule has 0 amide bonds. The van der Waals surface area contributed by atoms with Gasteiger partial charge in [-0.15, -0.1) is 0 Å². The van der Waals surface area contributed by atoms with Gasteiger partial charge < -0.3 is 9.47 Å². The van der Waals surface area contributed by atoms with Gasteiger partial charge >= 0.3 is 0 Å². The quantitative estimate of drug-likeness (QED) is 0.852. The van der Waals surface area contributed by atoms with E-state index in [-0.39, 0.29) is 0 Å². The van der Waals surface area contributed by atoms with Gasteiger partial charge in [0.1, 0.15) is 18.1 Å². The number of hydrogen-bond acceptors (Lipinski definition) is 2. The van der Waals surface area contributed by atoms with Crippen LogP contribution < -0.4 is 9.47 Å². The molecule has 2 nitrogen and oxygen atoms in total. The third-order valence-electron chi connectivity index (χ3n) is 2.32. The Morgan fingerprint density at radius 3 is 2.59 bits per heavy atom. The minimum absolute atomic E-state index is 0.528. The largest absolute Gasteiger partial charge is 0.497 e. The molecule has 1 radical (unpaired) electrons. The normalized spacial score (nSPS) is 10.0. The van der Waals surface area contributed by atoms with Crippen LogP contribution in [0.5, 0.6) is 11.5 Å². The lowest BCUT2D eigenvalue weighted by atomic mass is 10.2. The van der Waals surface area contributed by atoms with E-state index in [9.17, 15) is 0 Å². The van der Waals surface area contributed by atoms with E-state index >= 15 is 0 Å². The van der Waals surface area contributed by atoms with Crippen LogP contribution in [0.1, 0.15) is 5.56 Å². The molecule has 87 valence electrons. The van der Waals surface area contributed by atoms with Gasteiger partial charge in [0.05, 0.1) is 11.6 Å². The second-order valence-electron chi connectivity index (χ2n) is 3.49. The highest BCUT2D eigenvalue weighted by molar-refractivity contribution is 9.10. The smallest absolute Gasteiger partial charge is 0.134 e. The molecule has 0 aromatic heterocycles. The Bertz CT molecular complexity index is 480. The first kappa shape index (κ1) is 12.0. The van der Waals surface area contributed by atoms with Crippen molar-refractivity contribution in [2.75, 3.05) is 7.11 Å². The molecule has 0 aliphatic carbocycles. The van der Waals surface area contributed by atoms with Crippen LogP contribution in [0.3, 0.4) is 0 Å². The van der Waals surface area contributed by atoms with Gasteiger partial charge in [-0.05, 0) is 39.7 Å². The van der Waals surface area contributed by atoms with Crippen LogP contribution in [0, 0.1) is 6.07 Å². The zero-order valence-corrected chi connectivity index (χ0v) is 11.0. The van der Waals surface area contributed by atoms with Gasteiger partial charge in [0.2, 0.25) is 0 Å². The van der Waals surface area contributed by atoms with Gasteiger partial charge in [-0.2, -0.15) is 0 Å². The Hall–Kier alpha value is -1.48. The molecule has 3 heteroatoms. The maximum Gasteiger partial charge on any atom is 0.134 e.